The number of hydrogen-bond donors (Lipinski definition) is 3. The fraction of sp³-hybridized carbons (Fsp3) is 0.280. The van der Waals surface area contributed by atoms with Crippen molar-refractivity contribution >= 4 is 28.2 Å². The maximum atomic E-state index is 13.6. The van der Waals surface area contributed by atoms with E-state index in [1.807, 2.05) is 4.90 Å². The van der Waals surface area contributed by atoms with E-state index in [0.29, 0.717) is 22.2 Å². The van der Waals surface area contributed by atoms with Gasteiger partial charge < -0.3 is 19.9 Å². The van der Waals surface area contributed by atoms with Crippen molar-refractivity contribution in [1.82, 2.24) is 9.88 Å². The highest BCUT2D eigenvalue weighted by atomic mass is 19.1. The fourth-order valence-electron chi connectivity index (χ4n) is 4.59. The van der Waals surface area contributed by atoms with Crippen molar-refractivity contribution in [2.45, 2.75) is 12.8 Å². The van der Waals surface area contributed by atoms with Crippen LogP contribution in [0.5, 0.6) is 0 Å². The largest absolute Gasteiger partial charge is 0.380 e. The van der Waals surface area contributed by atoms with Gasteiger partial charge in [-0.25, -0.2) is 9.92 Å². The number of likely N-dealkylation sites (tertiary alicyclic amines) is 1. The van der Waals surface area contributed by atoms with Crippen LogP contribution in [-0.2, 0) is 4.74 Å². The first-order valence-electron chi connectivity index (χ1n) is 11.1. The molecule has 8 nitrogen and oxygen atoms in total. The zero-order valence-electron chi connectivity index (χ0n) is 18.4. The first-order valence-corrected chi connectivity index (χ1v) is 11.1. The Kier molecular flexibility index (Phi) is 5.70. The number of anilines is 1. The summed E-state index contributed by atoms with van der Waals surface area (Å²) in [5, 5.41) is 6.98. The second-order valence-electron chi connectivity index (χ2n) is 8.93. The SMILES string of the molecule is N=N/C(=C\Nc1ccc(C(=O)N2CCCC3(COC3)C2)cc1)c1cc2cc(F)ccc2[nH]c1=O. The van der Waals surface area contributed by atoms with Crippen LogP contribution in [-0.4, -0.2) is 42.1 Å². The van der Waals surface area contributed by atoms with Crippen LogP contribution in [0.15, 0.2) is 64.6 Å². The van der Waals surface area contributed by atoms with E-state index in [1.54, 1.807) is 24.3 Å². The van der Waals surface area contributed by atoms with E-state index in [1.165, 1.54) is 30.5 Å². The number of carbonyl (C=O) groups excluding carboxylic acids is 1. The van der Waals surface area contributed by atoms with E-state index in [9.17, 15) is 14.0 Å². The van der Waals surface area contributed by atoms with Gasteiger partial charge in [0.05, 0.1) is 18.8 Å². The molecule has 34 heavy (non-hydrogen) atoms. The highest BCUT2D eigenvalue weighted by Crippen LogP contribution is 2.37. The second kappa shape index (κ2) is 8.83. The Hall–Kier alpha value is -3.85. The molecule has 0 radical (unpaired) electrons. The number of ether oxygens (including phenoxy) is 1. The third-order valence-electron chi connectivity index (χ3n) is 6.48. The van der Waals surface area contributed by atoms with Gasteiger partial charge >= 0.3 is 0 Å². The topological polar surface area (TPSA) is 111 Å². The fourth-order valence-corrected chi connectivity index (χ4v) is 4.59. The van der Waals surface area contributed by atoms with Crippen molar-refractivity contribution in [2.75, 3.05) is 31.6 Å². The molecule has 3 aromatic rings. The Morgan fingerprint density at radius 1 is 1.21 bits per heavy atom. The summed E-state index contributed by atoms with van der Waals surface area (Å²) < 4.78 is 19.0. The van der Waals surface area contributed by atoms with E-state index < -0.39 is 11.4 Å². The quantitative estimate of drug-likeness (QED) is 0.490. The maximum Gasteiger partial charge on any atom is 0.258 e. The van der Waals surface area contributed by atoms with Crippen molar-refractivity contribution in [3.05, 3.63) is 82.0 Å². The van der Waals surface area contributed by atoms with Gasteiger partial charge in [0.15, 0.2) is 0 Å². The summed E-state index contributed by atoms with van der Waals surface area (Å²) in [7, 11) is 0. The number of aromatic nitrogens is 1. The number of nitrogens with zero attached hydrogens (tertiary/aromatic N) is 2. The number of carbonyl (C=O) groups is 1. The van der Waals surface area contributed by atoms with E-state index >= 15 is 0 Å². The second-order valence-corrected chi connectivity index (χ2v) is 8.93. The number of aromatic amines is 1. The Balaban J connectivity index is 1.31. The molecule has 9 heteroatoms. The lowest BCUT2D eigenvalue weighted by atomic mass is 9.78. The van der Waals surface area contributed by atoms with Gasteiger partial charge in [0.25, 0.3) is 11.5 Å². The number of nitrogens with one attached hydrogen (secondary N) is 3. The molecular weight excluding hydrogens is 437 g/mol. The van der Waals surface area contributed by atoms with Gasteiger partial charge in [-0.1, -0.05) is 0 Å². The molecule has 0 saturated carbocycles. The molecular formula is C25H24FN5O3. The number of rotatable bonds is 5. The van der Waals surface area contributed by atoms with Crippen LogP contribution in [0.4, 0.5) is 10.1 Å². The molecule has 174 valence electrons. The Morgan fingerprint density at radius 3 is 2.71 bits per heavy atom. The molecule has 1 aromatic heterocycles. The number of benzene rings is 2. The molecule has 5 rings (SSSR count). The monoisotopic (exact) mass is 461 g/mol. The summed E-state index contributed by atoms with van der Waals surface area (Å²) in [4.78, 5) is 30.0. The number of amides is 1. The minimum atomic E-state index is -0.430. The summed E-state index contributed by atoms with van der Waals surface area (Å²) in [6.45, 7) is 2.93. The first kappa shape index (κ1) is 22.0. The molecule has 2 fully saturated rings. The molecule has 2 aromatic carbocycles. The van der Waals surface area contributed by atoms with Crippen molar-refractivity contribution in [2.24, 2.45) is 10.5 Å². The summed E-state index contributed by atoms with van der Waals surface area (Å²) >= 11 is 0. The lowest BCUT2D eigenvalue weighted by Gasteiger charge is -2.48. The van der Waals surface area contributed by atoms with E-state index in [2.05, 4.69) is 15.4 Å². The molecule has 3 N–H and O–H groups in total. The number of halogens is 1. The predicted molar refractivity (Wildman–Crippen MR) is 126 cm³/mol. The van der Waals surface area contributed by atoms with Crippen molar-refractivity contribution in [3.63, 3.8) is 0 Å². The number of fused-ring (bicyclic) bond motifs is 1. The van der Waals surface area contributed by atoms with Gasteiger partial charge in [0.1, 0.15) is 11.5 Å². The lowest BCUT2D eigenvalue weighted by molar-refractivity contribution is -0.138. The van der Waals surface area contributed by atoms with Gasteiger partial charge in [0, 0.05) is 46.9 Å². The van der Waals surface area contributed by atoms with E-state index in [0.717, 1.165) is 39.1 Å². The van der Waals surface area contributed by atoms with Crippen LogP contribution in [0.3, 0.4) is 0 Å². The normalized spacial score (nSPS) is 17.4. The standard InChI is InChI=1S/C25H24FN5O3/c26-18-4-7-21-17(10-18)11-20(23(32)29-21)22(30-27)12-28-19-5-2-16(3-6-19)24(33)31-9-1-8-25(13-31)14-34-15-25/h2-7,10-12,27-28H,1,8-9,13-15H2,(H,29,32)/b22-12-,30-27?. The minimum absolute atomic E-state index is 0.00449. The summed E-state index contributed by atoms with van der Waals surface area (Å²) in [6, 6.07) is 12.6. The maximum absolute atomic E-state index is 13.6. The van der Waals surface area contributed by atoms with E-state index in [-0.39, 0.29) is 22.6 Å². The number of H-pyrrole nitrogens is 1. The molecule has 1 amide bonds. The Labute approximate surface area is 194 Å². The van der Waals surface area contributed by atoms with Gasteiger partial charge in [-0.05, 0) is 61.4 Å². The minimum Gasteiger partial charge on any atom is -0.380 e. The van der Waals surface area contributed by atoms with E-state index in [4.69, 9.17) is 10.3 Å². The molecule has 2 saturated heterocycles. The average molecular weight is 461 g/mol. The van der Waals surface area contributed by atoms with Crippen LogP contribution in [0.2, 0.25) is 0 Å². The smallest absolute Gasteiger partial charge is 0.258 e. The molecule has 2 aliphatic heterocycles. The zero-order valence-corrected chi connectivity index (χ0v) is 18.4. The number of piperidine rings is 1. The van der Waals surface area contributed by atoms with Gasteiger partial charge in [0.2, 0.25) is 0 Å². The van der Waals surface area contributed by atoms with Gasteiger partial charge in [-0.3, -0.25) is 9.59 Å². The third-order valence-corrected chi connectivity index (χ3v) is 6.48. The van der Waals surface area contributed by atoms with Crippen LogP contribution in [0.25, 0.3) is 16.6 Å². The third kappa shape index (κ3) is 4.22. The molecule has 0 aliphatic carbocycles. The highest BCUT2D eigenvalue weighted by Gasteiger charge is 2.43. The van der Waals surface area contributed by atoms with Crippen LogP contribution >= 0.6 is 0 Å². The van der Waals surface area contributed by atoms with Crippen LogP contribution in [0.1, 0.15) is 28.8 Å². The highest BCUT2D eigenvalue weighted by molar-refractivity contribution is 5.94. The number of pyridine rings is 1. The summed E-state index contributed by atoms with van der Waals surface area (Å²) in [6.07, 6.45) is 3.52. The molecule has 3 heterocycles. The van der Waals surface area contributed by atoms with Crippen molar-refractivity contribution in [3.8, 4) is 0 Å². The van der Waals surface area contributed by atoms with Gasteiger partial charge in [-0.15, -0.1) is 0 Å². The molecule has 0 bridgehead atoms. The predicted octanol–water partition coefficient (Wildman–Crippen LogP) is 4.36. The summed E-state index contributed by atoms with van der Waals surface area (Å²) in [5.41, 5.74) is 9.20. The van der Waals surface area contributed by atoms with Gasteiger partial charge in [-0.2, -0.15) is 5.11 Å². The molecule has 0 atom stereocenters. The van der Waals surface area contributed by atoms with Crippen LogP contribution < -0.4 is 10.9 Å². The molecule has 2 aliphatic rings. The summed E-state index contributed by atoms with van der Waals surface area (Å²) in [5.74, 6) is -0.419. The Bertz CT molecular complexity index is 1340. The zero-order chi connectivity index (χ0) is 23.7. The van der Waals surface area contributed by atoms with Crippen molar-refractivity contribution < 1.29 is 13.9 Å². The van der Waals surface area contributed by atoms with Crippen molar-refractivity contribution in [1.29, 1.82) is 5.53 Å². The number of hydrogen-bond acceptors (Lipinski definition) is 6. The van der Waals surface area contributed by atoms with Crippen LogP contribution in [0, 0.1) is 16.8 Å². The molecule has 0 unspecified atom stereocenters. The first-order chi connectivity index (χ1) is 16.5. The average Bonchev–Trinajstić information content (AvgIpc) is 2.84. The lowest BCUT2D eigenvalue weighted by Crippen LogP contribution is -2.55. The molecule has 1 spiro atoms. The Morgan fingerprint density at radius 2 is 2.00 bits per heavy atom.